The minimum Gasteiger partial charge on any atom is -0.494 e. The van der Waals surface area contributed by atoms with Crippen molar-refractivity contribution in [2.75, 3.05) is 46.4 Å². The van der Waals surface area contributed by atoms with Gasteiger partial charge in [-0.3, -0.25) is 10.0 Å². The van der Waals surface area contributed by atoms with Crippen molar-refractivity contribution in [3.8, 4) is 16.9 Å². The van der Waals surface area contributed by atoms with Gasteiger partial charge in [0.15, 0.2) is 0 Å². The maximum absolute atomic E-state index is 13.5. The Labute approximate surface area is 217 Å². The van der Waals surface area contributed by atoms with Gasteiger partial charge in [0.2, 0.25) is 0 Å². The molecule has 9 nitrogen and oxygen atoms in total. The van der Waals surface area contributed by atoms with Gasteiger partial charge < -0.3 is 14.5 Å². The fourth-order valence-corrected chi connectivity index (χ4v) is 5.62. The molecule has 0 unspecified atom stereocenters. The number of hydroxylamine groups is 1. The normalized spacial score (nSPS) is 15.2. The van der Waals surface area contributed by atoms with E-state index in [4.69, 9.17) is 9.94 Å². The molecule has 0 aliphatic carbocycles. The first-order valence-corrected chi connectivity index (χ1v) is 13.6. The Morgan fingerprint density at radius 2 is 1.86 bits per heavy atom. The predicted octanol–water partition coefficient (Wildman–Crippen LogP) is 2.93. The molecule has 1 saturated heterocycles. The van der Waals surface area contributed by atoms with Crippen molar-refractivity contribution in [2.24, 2.45) is 0 Å². The summed E-state index contributed by atoms with van der Waals surface area (Å²) in [6.45, 7) is 5.92. The van der Waals surface area contributed by atoms with Gasteiger partial charge in [0.25, 0.3) is 15.9 Å². The van der Waals surface area contributed by atoms with Crippen LogP contribution in [0.15, 0.2) is 78.0 Å². The first-order valence-electron chi connectivity index (χ1n) is 12.2. The molecule has 1 fully saturated rings. The second-order valence-corrected chi connectivity index (χ2v) is 10.8. The molecular weight excluding hydrogens is 492 g/mol. The lowest BCUT2D eigenvalue weighted by Gasteiger charge is -2.32. The Bertz CT molecular complexity index is 1340. The fourth-order valence-electron chi connectivity index (χ4n) is 4.20. The average Bonchev–Trinajstić information content (AvgIpc) is 3.41. The van der Waals surface area contributed by atoms with E-state index in [1.165, 1.54) is 23.9 Å². The highest BCUT2D eigenvalue weighted by Gasteiger charge is 2.21. The molecule has 37 heavy (non-hydrogen) atoms. The minimum atomic E-state index is -3.91. The highest BCUT2D eigenvalue weighted by Crippen LogP contribution is 2.31. The molecule has 196 valence electrons. The number of piperazine rings is 1. The highest BCUT2D eigenvalue weighted by atomic mass is 32.2. The third-order valence-corrected chi connectivity index (χ3v) is 7.99. The van der Waals surface area contributed by atoms with Crippen LogP contribution in [-0.4, -0.2) is 79.7 Å². The number of amides is 1. The molecule has 2 heterocycles. The van der Waals surface area contributed by atoms with Crippen LogP contribution in [0, 0.1) is 0 Å². The van der Waals surface area contributed by atoms with Crippen LogP contribution in [0.5, 0.6) is 5.75 Å². The van der Waals surface area contributed by atoms with E-state index in [1.54, 1.807) is 30.3 Å². The summed E-state index contributed by atoms with van der Waals surface area (Å²) < 4.78 is 34.1. The quantitative estimate of drug-likeness (QED) is 0.182. The predicted molar refractivity (Wildman–Crippen MR) is 142 cm³/mol. The smallest absolute Gasteiger partial charge is 0.268 e. The minimum absolute atomic E-state index is 0.154. The van der Waals surface area contributed by atoms with Gasteiger partial charge >= 0.3 is 0 Å². The van der Waals surface area contributed by atoms with Crippen LogP contribution in [-0.2, 0) is 14.8 Å². The lowest BCUT2D eigenvalue weighted by molar-refractivity contribution is -0.124. The van der Waals surface area contributed by atoms with Crippen LogP contribution in [0.2, 0.25) is 0 Å². The molecule has 1 amide bonds. The molecule has 2 N–H and O–H groups in total. The number of carbonyl (C=O) groups excluding carboxylic acids is 1. The van der Waals surface area contributed by atoms with Crippen LogP contribution in [0.4, 0.5) is 0 Å². The Hall–Kier alpha value is -3.44. The molecule has 0 spiro atoms. The van der Waals surface area contributed by atoms with Gasteiger partial charge in [-0.25, -0.2) is 17.9 Å². The summed E-state index contributed by atoms with van der Waals surface area (Å²) in [6.07, 6.45) is 6.27. The van der Waals surface area contributed by atoms with E-state index in [0.29, 0.717) is 23.5 Å². The number of nitrogens with one attached hydrogen (secondary N) is 1. The summed E-state index contributed by atoms with van der Waals surface area (Å²) in [6, 6.07) is 15.9. The van der Waals surface area contributed by atoms with Gasteiger partial charge in [-0.15, -0.1) is 0 Å². The second-order valence-electron chi connectivity index (χ2n) is 8.96. The Morgan fingerprint density at radius 3 is 2.65 bits per heavy atom. The first-order chi connectivity index (χ1) is 17.9. The monoisotopic (exact) mass is 524 g/mol. The summed E-state index contributed by atoms with van der Waals surface area (Å²) in [4.78, 5) is 16.2. The first kappa shape index (κ1) is 26.6. The molecule has 1 aromatic heterocycles. The molecule has 3 aromatic rings. The molecule has 0 saturated carbocycles. The van der Waals surface area contributed by atoms with Gasteiger partial charge in [-0.05, 0) is 54.9 Å². The molecule has 1 aliphatic rings. The molecule has 2 aromatic carbocycles. The third-order valence-electron chi connectivity index (χ3n) is 6.30. The topological polar surface area (TPSA) is 104 Å². The zero-order valence-corrected chi connectivity index (χ0v) is 21.6. The number of aromatic nitrogens is 1. The SMILES string of the molecule is CN1CCN(CCCOc2cccc(-c3ccccc3S(=O)(=O)n3ccc(/C=C/C(=O)NO)c3)c2)CC1. The third kappa shape index (κ3) is 6.86. The van der Waals surface area contributed by atoms with E-state index in [2.05, 4.69) is 16.8 Å². The molecule has 0 bridgehead atoms. The van der Waals surface area contributed by atoms with Crippen molar-refractivity contribution >= 4 is 22.0 Å². The average molecular weight is 525 g/mol. The highest BCUT2D eigenvalue weighted by molar-refractivity contribution is 7.90. The van der Waals surface area contributed by atoms with Crippen LogP contribution < -0.4 is 10.2 Å². The van der Waals surface area contributed by atoms with E-state index >= 15 is 0 Å². The van der Waals surface area contributed by atoms with Crippen molar-refractivity contribution < 1.29 is 23.2 Å². The van der Waals surface area contributed by atoms with Crippen molar-refractivity contribution in [3.05, 3.63) is 78.6 Å². The molecule has 0 radical (unpaired) electrons. The molecule has 0 atom stereocenters. The van der Waals surface area contributed by atoms with Gasteiger partial charge in [0, 0.05) is 56.8 Å². The molecule has 1 aliphatic heterocycles. The number of ether oxygens (including phenoxy) is 1. The van der Waals surface area contributed by atoms with Crippen LogP contribution in [0.25, 0.3) is 17.2 Å². The second kappa shape index (κ2) is 12.2. The van der Waals surface area contributed by atoms with E-state index in [0.717, 1.165) is 54.8 Å². The standard InChI is InChI=1S/C27H32N4O5S/c1-29-15-17-30(18-16-29)13-5-19-36-24-7-4-6-23(20-24)25-8-2-3-9-26(25)37(34,35)31-14-12-22(21-31)10-11-27(32)28-33/h2-4,6-12,14,20-21,33H,5,13,15-19H2,1H3,(H,28,32)/b11-10+. The van der Waals surface area contributed by atoms with Crippen molar-refractivity contribution in [2.45, 2.75) is 11.3 Å². The van der Waals surface area contributed by atoms with Crippen LogP contribution >= 0.6 is 0 Å². The maximum atomic E-state index is 13.5. The van der Waals surface area contributed by atoms with E-state index in [-0.39, 0.29) is 4.90 Å². The summed E-state index contributed by atoms with van der Waals surface area (Å²) in [7, 11) is -1.76. The Balaban J connectivity index is 1.47. The van der Waals surface area contributed by atoms with Gasteiger partial charge in [0.1, 0.15) is 5.75 Å². The van der Waals surface area contributed by atoms with Gasteiger partial charge in [-0.1, -0.05) is 30.3 Å². The number of hydrogen-bond acceptors (Lipinski definition) is 7. The van der Waals surface area contributed by atoms with Crippen LogP contribution in [0.3, 0.4) is 0 Å². The number of benzene rings is 2. The summed E-state index contributed by atoms with van der Waals surface area (Å²) in [5, 5.41) is 8.61. The van der Waals surface area contributed by atoms with Gasteiger partial charge in [0.05, 0.1) is 11.5 Å². The van der Waals surface area contributed by atoms with Crippen molar-refractivity contribution in [3.63, 3.8) is 0 Å². The Morgan fingerprint density at radius 1 is 1.08 bits per heavy atom. The fraction of sp³-hybridized carbons (Fsp3) is 0.296. The lowest BCUT2D eigenvalue weighted by atomic mass is 10.1. The lowest BCUT2D eigenvalue weighted by Crippen LogP contribution is -2.44. The molecule has 10 heteroatoms. The summed E-state index contributed by atoms with van der Waals surface area (Å²) in [5.74, 6) is -0.0130. The summed E-state index contributed by atoms with van der Waals surface area (Å²) >= 11 is 0. The van der Waals surface area contributed by atoms with Crippen molar-refractivity contribution in [1.82, 2.24) is 19.3 Å². The van der Waals surface area contributed by atoms with E-state index in [9.17, 15) is 13.2 Å². The largest absolute Gasteiger partial charge is 0.494 e. The molecule has 4 rings (SSSR count). The van der Waals surface area contributed by atoms with Crippen LogP contribution in [0.1, 0.15) is 12.0 Å². The molecular formula is C27H32N4O5S. The van der Waals surface area contributed by atoms with Gasteiger partial charge in [-0.2, -0.15) is 0 Å². The number of carbonyl (C=O) groups is 1. The number of rotatable bonds is 10. The number of nitrogens with zero attached hydrogens (tertiary/aromatic N) is 3. The van der Waals surface area contributed by atoms with Crippen molar-refractivity contribution in [1.29, 1.82) is 0 Å². The van der Waals surface area contributed by atoms with E-state index in [1.807, 2.05) is 24.3 Å². The van der Waals surface area contributed by atoms with E-state index < -0.39 is 15.9 Å². The zero-order valence-electron chi connectivity index (χ0n) is 20.8. The Kier molecular flexibility index (Phi) is 8.78. The number of hydrogen-bond donors (Lipinski definition) is 2. The number of likely N-dealkylation sites (N-methyl/N-ethyl adjacent to an activating group) is 1. The maximum Gasteiger partial charge on any atom is 0.268 e. The zero-order chi connectivity index (χ0) is 26.3. The summed E-state index contributed by atoms with van der Waals surface area (Å²) in [5.41, 5.74) is 3.30.